The van der Waals surface area contributed by atoms with Crippen molar-refractivity contribution < 1.29 is 9.53 Å². The molecule has 1 heterocycles. The number of ketones is 1. The maximum Gasteiger partial charge on any atom is 0.140 e. The van der Waals surface area contributed by atoms with Crippen molar-refractivity contribution >= 4 is 5.78 Å². The van der Waals surface area contributed by atoms with Gasteiger partial charge in [0.15, 0.2) is 0 Å². The van der Waals surface area contributed by atoms with Gasteiger partial charge in [-0.15, -0.1) is 0 Å². The van der Waals surface area contributed by atoms with E-state index in [0.29, 0.717) is 37.9 Å². The molecule has 1 aliphatic heterocycles. The molecule has 16 heavy (non-hydrogen) atoms. The smallest absolute Gasteiger partial charge is 0.140 e. The summed E-state index contributed by atoms with van der Waals surface area (Å²) in [5, 5.41) is 0. The minimum Gasteiger partial charge on any atom is -0.381 e. The van der Waals surface area contributed by atoms with Crippen LogP contribution in [0.4, 0.5) is 0 Å². The number of rotatable bonds is 6. The molecule has 2 N–H and O–H groups in total. The van der Waals surface area contributed by atoms with E-state index in [-0.39, 0.29) is 5.41 Å². The summed E-state index contributed by atoms with van der Waals surface area (Å²) in [5.74, 6) is 1.04. The van der Waals surface area contributed by atoms with Gasteiger partial charge in [-0.25, -0.2) is 0 Å². The third-order valence-corrected chi connectivity index (χ3v) is 3.62. The van der Waals surface area contributed by atoms with Crippen molar-refractivity contribution in [2.45, 2.75) is 46.0 Å². The molecule has 0 aliphatic carbocycles. The second-order valence-electron chi connectivity index (χ2n) is 5.31. The zero-order valence-corrected chi connectivity index (χ0v) is 10.6. The van der Waals surface area contributed by atoms with Gasteiger partial charge in [0, 0.05) is 31.6 Å². The third-order valence-electron chi connectivity index (χ3n) is 3.62. The number of hydrogen-bond donors (Lipinski definition) is 1. The Hall–Kier alpha value is -0.410. The van der Waals surface area contributed by atoms with Crippen LogP contribution in [-0.2, 0) is 9.53 Å². The van der Waals surface area contributed by atoms with E-state index in [0.717, 1.165) is 25.7 Å². The number of carbonyl (C=O) groups excluding carboxylic acids is 1. The first kappa shape index (κ1) is 13.7. The Morgan fingerprint density at radius 1 is 1.38 bits per heavy atom. The summed E-state index contributed by atoms with van der Waals surface area (Å²) in [6.45, 7) is 6.24. The highest BCUT2D eigenvalue weighted by Gasteiger charge is 2.37. The molecule has 1 rings (SSSR count). The first-order chi connectivity index (χ1) is 7.60. The monoisotopic (exact) mass is 227 g/mol. The van der Waals surface area contributed by atoms with Crippen molar-refractivity contribution in [3.05, 3.63) is 0 Å². The Morgan fingerprint density at radius 3 is 2.50 bits per heavy atom. The molecule has 0 aromatic rings. The van der Waals surface area contributed by atoms with E-state index in [4.69, 9.17) is 10.5 Å². The number of ether oxygens (including phenoxy) is 1. The first-order valence-electron chi connectivity index (χ1n) is 6.42. The zero-order valence-electron chi connectivity index (χ0n) is 10.6. The Kier molecular flexibility index (Phi) is 5.42. The Labute approximate surface area is 98.7 Å². The van der Waals surface area contributed by atoms with Crippen LogP contribution in [0.1, 0.15) is 46.0 Å². The molecule has 1 aliphatic rings. The van der Waals surface area contributed by atoms with E-state index >= 15 is 0 Å². The summed E-state index contributed by atoms with van der Waals surface area (Å²) < 4.78 is 5.31. The van der Waals surface area contributed by atoms with Gasteiger partial charge in [-0.3, -0.25) is 4.79 Å². The van der Waals surface area contributed by atoms with Crippen LogP contribution in [0.25, 0.3) is 0 Å². The van der Waals surface area contributed by atoms with Crippen molar-refractivity contribution in [1.82, 2.24) is 0 Å². The van der Waals surface area contributed by atoms with Crippen molar-refractivity contribution in [3.63, 3.8) is 0 Å². The van der Waals surface area contributed by atoms with E-state index in [1.165, 1.54) is 0 Å². The van der Waals surface area contributed by atoms with Gasteiger partial charge < -0.3 is 10.5 Å². The standard InChI is InChI=1S/C13H25NO2/c1-11(2)4-3-5-12(15)13(10-14)6-8-16-9-7-13/h11H,3-10,14H2,1-2H3. The lowest BCUT2D eigenvalue weighted by Crippen LogP contribution is -2.43. The molecule has 0 aromatic heterocycles. The molecule has 0 bridgehead atoms. The van der Waals surface area contributed by atoms with Crippen molar-refractivity contribution in [1.29, 1.82) is 0 Å². The van der Waals surface area contributed by atoms with E-state index in [2.05, 4.69) is 13.8 Å². The highest BCUT2D eigenvalue weighted by molar-refractivity contribution is 5.85. The minimum absolute atomic E-state index is 0.269. The molecular weight excluding hydrogens is 202 g/mol. The Bertz CT molecular complexity index is 220. The van der Waals surface area contributed by atoms with Gasteiger partial charge in [-0.1, -0.05) is 20.3 Å². The Balaban J connectivity index is 2.42. The number of carbonyl (C=O) groups is 1. The quantitative estimate of drug-likeness (QED) is 0.756. The first-order valence-corrected chi connectivity index (χ1v) is 6.42. The number of Topliss-reactive ketones (excluding diaryl/α,β-unsaturated/α-hetero) is 1. The fourth-order valence-electron chi connectivity index (χ4n) is 2.29. The van der Waals surface area contributed by atoms with Crippen LogP contribution in [0, 0.1) is 11.3 Å². The summed E-state index contributed by atoms with van der Waals surface area (Å²) in [6.07, 6.45) is 4.44. The molecule has 1 saturated heterocycles. The highest BCUT2D eigenvalue weighted by atomic mass is 16.5. The normalized spacial score (nSPS) is 20.0. The fourth-order valence-corrected chi connectivity index (χ4v) is 2.29. The van der Waals surface area contributed by atoms with Crippen LogP contribution < -0.4 is 5.73 Å². The summed E-state index contributed by atoms with van der Waals surface area (Å²) >= 11 is 0. The molecule has 1 fully saturated rings. The van der Waals surface area contributed by atoms with E-state index in [9.17, 15) is 4.79 Å². The zero-order chi connectivity index (χ0) is 12.0. The molecule has 0 spiro atoms. The summed E-state index contributed by atoms with van der Waals surface area (Å²) in [7, 11) is 0. The van der Waals surface area contributed by atoms with Gasteiger partial charge in [0.05, 0.1) is 0 Å². The highest BCUT2D eigenvalue weighted by Crippen LogP contribution is 2.32. The van der Waals surface area contributed by atoms with Gasteiger partial charge in [0.25, 0.3) is 0 Å². The molecule has 3 nitrogen and oxygen atoms in total. The topological polar surface area (TPSA) is 52.3 Å². The van der Waals surface area contributed by atoms with Crippen LogP contribution >= 0.6 is 0 Å². The molecule has 94 valence electrons. The second kappa shape index (κ2) is 6.36. The largest absolute Gasteiger partial charge is 0.381 e. The van der Waals surface area contributed by atoms with Crippen LogP contribution in [-0.4, -0.2) is 25.5 Å². The predicted molar refractivity (Wildman–Crippen MR) is 65.2 cm³/mol. The molecule has 0 atom stereocenters. The van der Waals surface area contributed by atoms with Gasteiger partial charge in [-0.05, 0) is 25.2 Å². The minimum atomic E-state index is -0.269. The van der Waals surface area contributed by atoms with Gasteiger partial charge in [0.1, 0.15) is 5.78 Å². The summed E-state index contributed by atoms with van der Waals surface area (Å²) in [5.41, 5.74) is 5.53. The number of nitrogens with two attached hydrogens (primary N) is 1. The molecule has 0 amide bonds. The summed E-state index contributed by atoms with van der Waals surface area (Å²) in [4.78, 5) is 12.2. The molecular formula is C13H25NO2. The molecule has 0 aromatic carbocycles. The fraction of sp³-hybridized carbons (Fsp3) is 0.923. The average molecular weight is 227 g/mol. The van der Waals surface area contributed by atoms with Crippen molar-refractivity contribution in [3.8, 4) is 0 Å². The lowest BCUT2D eigenvalue weighted by Gasteiger charge is -2.34. The summed E-state index contributed by atoms with van der Waals surface area (Å²) in [6, 6.07) is 0. The van der Waals surface area contributed by atoms with Crippen LogP contribution in [0.3, 0.4) is 0 Å². The number of hydrogen-bond acceptors (Lipinski definition) is 3. The average Bonchev–Trinajstić information content (AvgIpc) is 2.29. The van der Waals surface area contributed by atoms with Crippen LogP contribution in [0.2, 0.25) is 0 Å². The van der Waals surface area contributed by atoms with Gasteiger partial charge in [0.2, 0.25) is 0 Å². The molecule has 3 heteroatoms. The second-order valence-corrected chi connectivity index (χ2v) is 5.31. The van der Waals surface area contributed by atoms with E-state index in [1.807, 2.05) is 0 Å². The van der Waals surface area contributed by atoms with Gasteiger partial charge >= 0.3 is 0 Å². The van der Waals surface area contributed by atoms with Crippen molar-refractivity contribution in [2.24, 2.45) is 17.1 Å². The van der Waals surface area contributed by atoms with Crippen molar-refractivity contribution in [2.75, 3.05) is 19.8 Å². The van der Waals surface area contributed by atoms with Crippen LogP contribution in [0.15, 0.2) is 0 Å². The van der Waals surface area contributed by atoms with E-state index in [1.54, 1.807) is 0 Å². The molecule has 0 saturated carbocycles. The SMILES string of the molecule is CC(C)CCCC(=O)C1(CN)CCOCC1. The predicted octanol–water partition coefficient (Wildman–Crippen LogP) is 2.14. The maximum atomic E-state index is 12.2. The third kappa shape index (κ3) is 3.56. The van der Waals surface area contributed by atoms with E-state index < -0.39 is 0 Å². The Morgan fingerprint density at radius 2 is 2.00 bits per heavy atom. The van der Waals surface area contributed by atoms with Crippen LogP contribution in [0.5, 0.6) is 0 Å². The lowest BCUT2D eigenvalue weighted by atomic mass is 9.75. The maximum absolute atomic E-state index is 12.2. The lowest BCUT2D eigenvalue weighted by molar-refractivity contribution is -0.133. The molecule has 0 radical (unpaired) electrons. The molecule has 0 unspecified atom stereocenters. The van der Waals surface area contributed by atoms with Gasteiger partial charge in [-0.2, -0.15) is 0 Å².